The molecule has 0 radical (unpaired) electrons. The Morgan fingerprint density at radius 2 is 1.19 bits per heavy atom. The molecule has 5 aliphatic rings. The van der Waals surface area contributed by atoms with E-state index in [0.717, 1.165) is 91.6 Å². The highest BCUT2D eigenvalue weighted by Crippen LogP contribution is 2.58. The number of fused-ring (bicyclic) bond motifs is 6. The minimum Gasteiger partial charge on any atom is -0.390 e. The van der Waals surface area contributed by atoms with Gasteiger partial charge in [-0.05, 0) is 191 Å². The van der Waals surface area contributed by atoms with Crippen molar-refractivity contribution in [2.24, 2.45) is 11.8 Å². The van der Waals surface area contributed by atoms with E-state index in [1.54, 1.807) is 12.4 Å². The summed E-state index contributed by atoms with van der Waals surface area (Å²) in [4.78, 5) is 34.7. The monoisotopic (exact) mass is 780 g/mol. The van der Waals surface area contributed by atoms with Crippen LogP contribution in [0.5, 0.6) is 0 Å². The summed E-state index contributed by atoms with van der Waals surface area (Å²) >= 11 is 0. The second-order valence-corrected chi connectivity index (χ2v) is 19.0. The van der Waals surface area contributed by atoms with Gasteiger partial charge in [0, 0.05) is 47.8 Å². The summed E-state index contributed by atoms with van der Waals surface area (Å²) in [5, 5.41) is 10.7. The zero-order valence-electron chi connectivity index (χ0n) is 35.7. The number of ether oxygens (including phenoxy) is 1. The Kier molecular flexibility index (Phi) is 11.4. The maximum atomic E-state index is 13.0. The SMILES string of the molecule is CC[C@@]12CC[C@@](C)(O)C[C@@H]1CCCc1cc(C(=O)Cc3cccnc3C)ccc12.CC[C@@]12CC[C@]3(CO3)C[C@@H]1CCCc1cc(C(=O)Cc3cccnc3C)ccc12. The number of nitrogens with zero attached hydrogens (tertiary/aromatic N) is 2. The van der Waals surface area contributed by atoms with Crippen LogP contribution in [0, 0.1) is 25.7 Å². The topological polar surface area (TPSA) is 92.7 Å². The Morgan fingerprint density at radius 1 is 0.707 bits per heavy atom. The lowest BCUT2D eigenvalue weighted by Gasteiger charge is -2.49. The standard InChI is InChI=1S/C26H31NO2.C26H33NO2/c1-3-26-12-11-25(17-29-25)16-22(26)8-4-6-20-14-21(9-10-23(20)26)24(28)15-19-7-5-13-27-18(19)2;1-4-26-13-12-25(3,29)17-22(26)9-5-7-20-15-21(10-11-23(20)26)24(28)16-19-8-6-14-27-18(19)2/h5,7,9-10,13-14,22H,3-4,6,8,11-12,15-17H2,1-2H3;6,8,10-11,14-15,22,29H,4-5,7,9,12-13,16-17H2,1-3H3/t2*22-,25+,26+/m00/s1. The van der Waals surface area contributed by atoms with E-state index in [1.165, 1.54) is 60.8 Å². The number of epoxide rings is 1. The van der Waals surface area contributed by atoms with Crippen molar-refractivity contribution in [3.63, 3.8) is 0 Å². The molecule has 6 atom stereocenters. The molecule has 0 bridgehead atoms. The van der Waals surface area contributed by atoms with Crippen LogP contribution < -0.4 is 0 Å². The van der Waals surface area contributed by atoms with E-state index in [2.05, 4.69) is 54.1 Å². The smallest absolute Gasteiger partial charge is 0.167 e. The molecule has 1 saturated heterocycles. The number of aryl methyl sites for hydroxylation is 4. The molecule has 9 rings (SSSR count). The first-order chi connectivity index (χ1) is 27.9. The molecule has 0 unspecified atom stereocenters. The van der Waals surface area contributed by atoms with Gasteiger partial charge in [-0.25, -0.2) is 0 Å². The summed E-state index contributed by atoms with van der Waals surface area (Å²) in [6.07, 6.45) is 20.0. The molecule has 4 aliphatic carbocycles. The molecule has 6 nitrogen and oxygen atoms in total. The van der Waals surface area contributed by atoms with Gasteiger partial charge in [0.05, 0.1) is 17.8 Å². The molecule has 2 saturated carbocycles. The minimum atomic E-state index is -0.536. The van der Waals surface area contributed by atoms with Crippen LogP contribution in [0.15, 0.2) is 73.1 Å². The summed E-state index contributed by atoms with van der Waals surface area (Å²) in [5.74, 6) is 1.60. The first-order valence-corrected chi connectivity index (χ1v) is 22.4. The molecule has 3 heterocycles. The molecule has 58 heavy (non-hydrogen) atoms. The van der Waals surface area contributed by atoms with Crippen LogP contribution in [0.2, 0.25) is 0 Å². The van der Waals surface area contributed by atoms with Gasteiger partial charge >= 0.3 is 0 Å². The quantitative estimate of drug-likeness (QED) is 0.141. The largest absolute Gasteiger partial charge is 0.390 e. The Morgan fingerprint density at radius 3 is 1.66 bits per heavy atom. The lowest BCUT2D eigenvalue weighted by atomic mass is 9.57. The number of aliphatic hydroxyl groups is 1. The van der Waals surface area contributed by atoms with Gasteiger partial charge in [-0.3, -0.25) is 19.6 Å². The van der Waals surface area contributed by atoms with E-state index in [4.69, 9.17) is 4.74 Å². The summed E-state index contributed by atoms with van der Waals surface area (Å²) in [6.45, 7) is 11.6. The van der Waals surface area contributed by atoms with E-state index in [-0.39, 0.29) is 28.0 Å². The van der Waals surface area contributed by atoms with Gasteiger partial charge in [0.25, 0.3) is 0 Å². The van der Waals surface area contributed by atoms with Crippen LogP contribution in [-0.4, -0.2) is 44.4 Å². The number of aromatic nitrogens is 2. The minimum absolute atomic E-state index is 0.148. The number of ketones is 2. The third-order valence-electron chi connectivity index (χ3n) is 15.7. The average molecular weight is 781 g/mol. The number of Topliss-reactive ketones (excluding diaryl/α,β-unsaturated/α-hetero) is 2. The maximum absolute atomic E-state index is 13.0. The van der Waals surface area contributed by atoms with Gasteiger partial charge in [0.15, 0.2) is 11.6 Å². The first kappa shape index (κ1) is 40.8. The third-order valence-corrected chi connectivity index (χ3v) is 15.7. The molecule has 2 aromatic carbocycles. The predicted molar refractivity (Wildman–Crippen MR) is 231 cm³/mol. The van der Waals surface area contributed by atoms with Crippen LogP contribution in [0.3, 0.4) is 0 Å². The molecule has 1 aliphatic heterocycles. The van der Waals surface area contributed by atoms with E-state index in [0.29, 0.717) is 24.7 Å². The lowest BCUT2D eigenvalue weighted by Crippen LogP contribution is -2.46. The highest BCUT2D eigenvalue weighted by molar-refractivity contribution is 5.98. The van der Waals surface area contributed by atoms with Crippen molar-refractivity contribution in [2.45, 2.75) is 159 Å². The van der Waals surface area contributed by atoms with Gasteiger partial charge in [-0.1, -0.05) is 50.2 Å². The van der Waals surface area contributed by atoms with Crippen molar-refractivity contribution in [3.05, 3.63) is 129 Å². The van der Waals surface area contributed by atoms with Gasteiger partial charge in [0.2, 0.25) is 0 Å². The van der Waals surface area contributed by atoms with Crippen molar-refractivity contribution < 1.29 is 19.4 Å². The number of rotatable bonds is 8. The van der Waals surface area contributed by atoms with Crippen LogP contribution in [0.25, 0.3) is 0 Å². The van der Waals surface area contributed by atoms with Crippen LogP contribution >= 0.6 is 0 Å². The molecule has 1 spiro atoms. The zero-order valence-corrected chi connectivity index (χ0v) is 35.7. The molecule has 2 aromatic heterocycles. The highest BCUT2D eigenvalue weighted by Gasteiger charge is 2.56. The molecule has 0 amide bonds. The highest BCUT2D eigenvalue weighted by atomic mass is 16.6. The van der Waals surface area contributed by atoms with Gasteiger partial charge in [-0.2, -0.15) is 0 Å². The van der Waals surface area contributed by atoms with Crippen molar-refractivity contribution in [1.82, 2.24) is 9.97 Å². The Labute approximate surface area is 346 Å². The van der Waals surface area contributed by atoms with Gasteiger partial charge in [0.1, 0.15) is 0 Å². The Balaban J connectivity index is 0.000000162. The van der Waals surface area contributed by atoms with E-state index in [1.807, 2.05) is 51.1 Å². The van der Waals surface area contributed by atoms with Crippen molar-refractivity contribution in [3.8, 4) is 0 Å². The second-order valence-electron chi connectivity index (χ2n) is 19.0. The van der Waals surface area contributed by atoms with Crippen molar-refractivity contribution >= 4 is 11.6 Å². The van der Waals surface area contributed by atoms with Crippen molar-refractivity contribution in [1.29, 1.82) is 0 Å². The number of hydrogen-bond acceptors (Lipinski definition) is 6. The molecule has 1 N–H and O–H groups in total. The summed E-state index contributed by atoms with van der Waals surface area (Å²) in [5.41, 5.74) is 11.4. The van der Waals surface area contributed by atoms with E-state index in [9.17, 15) is 14.7 Å². The molecular formula is C52H64N2O4. The molecule has 6 heteroatoms. The third kappa shape index (κ3) is 7.88. The molecular weight excluding hydrogens is 717 g/mol. The van der Waals surface area contributed by atoms with E-state index >= 15 is 0 Å². The number of hydrogen-bond donors (Lipinski definition) is 1. The molecule has 4 aromatic rings. The predicted octanol–water partition coefficient (Wildman–Crippen LogP) is 10.7. The molecule has 3 fully saturated rings. The average Bonchev–Trinajstić information content (AvgIpc) is 4.02. The first-order valence-electron chi connectivity index (χ1n) is 22.4. The normalized spacial score (nSPS) is 29.6. The van der Waals surface area contributed by atoms with Crippen molar-refractivity contribution in [2.75, 3.05) is 6.61 Å². The van der Waals surface area contributed by atoms with E-state index < -0.39 is 5.60 Å². The van der Waals surface area contributed by atoms with Gasteiger partial charge in [-0.15, -0.1) is 0 Å². The van der Waals surface area contributed by atoms with Crippen LogP contribution in [0.4, 0.5) is 0 Å². The fraction of sp³-hybridized carbons (Fsp3) is 0.538. The Hall–Kier alpha value is -4.00. The lowest BCUT2D eigenvalue weighted by molar-refractivity contribution is -0.0340. The Bertz CT molecular complexity index is 2030. The summed E-state index contributed by atoms with van der Waals surface area (Å²) in [6, 6.07) is 20.9. The van der Waals surface area contributed by atoms with Gasteiger partial charge < -0.3 is 9.84 Å². The number of carbonyl (C=O) groups excluding carboxylic acids is 2. The van der Waals surface area contributed by atoms with Crippen LogP contribution in [0.1, 0.15) is 163 Å². The summed E-state index contributed by atoms with van der Waals surface area (Å²) in [7, 11) is 0. The fourth-order valence-electron chi connectivity index (χ4n) is 12.0. The number of benzene rings is 2. The second kappa shape index (κ2) is 16.2. The number of pyridine rings is 2. The van der Waals surface area contributed by atoms with Crippen LogP contribution in [-0.2, 0) is 41.3 Å². The summed E-state index contributed by atoms with van der Waals surface area (Å²) < 4.78 is 5.87. The number of carbonyl (C=O) groups is 2. The maximum Gasteiger partial charge on any atom is 0.167 e. The molecule has 306 valence electrons. The fourth-order valence-corrected chi connectivity index (χ4v) is 12.0. The zero-order chi connectivity index (χ0) is 40.7.